The van der Waals surface area contributed by atoms with Gasteiger partial charge in [0.05, 0.1) is 7.11 Å². The molecule has 0 bridgehead atoms. The predicted octanol–water partition coefficient (Wildman–Crippen LogP) is 6.26. The minimum Gasteiger partial charge on any atom is -0.493 e. The van der Waals surface area contributed by atoms with Crippen LogP contribution in [0.5, 0.6) is 11.5 Å². The highest BCUT2D eigenvalue weighted by atomic mass is 19.1. The number of halogens is 1. The van der Waals surface area contributed by atoms with Crippen LogP contribution in [0.25, 0.3) is 0 Å². The summed E-state index contributed by atoms with van der Waals surface area (Å²) in [6.45, 7) is 5.50. The quantitative estimate of drug-likeness (QED) is 0.345. The van der Waals surface area contributed by atoms with Gasteiger partial charge in [-0.15, -0.1) is 0 Å². The van der Waals surface area contributed by atoms with E-state index in [1.54, 1.807) is 7.11 Å². The molecule has 0 fully saturated rings. The Morgan fingerprint density at radius 2 is 1.61 bits per heavy atom. The summed E-state index contributed by atoms with van der Waals surface area (Å²) in [5.41, 5.74) is 3.43. The first-order valence-electron chi connectivity index (χ1n) is 11.0. The molecule has 0 radical (unpaired) electrons. The van der Waals surface area contributed by atoms with Gasteiger partial charge in [0.2, 0.25) is 0 Å². The largest absolute Gasteiger partial charge is 0.493 e. The van der Waals surface area contributed by atoms with Gasteiger partial charge in [0.25, 0.3) is 0 Å². The highest BCUT2D eigenvalue weighted by Crippen LogP contribution is 2.33. The summed E-state index contributed by atoms with van der Waals surface area (Å²) >= 11 is 0. The minimum atomic E-state index is -0.183. The Morgan fingerprint density at radius 3 is 2.32 bits per heavy atom. The fourth-order valence-electron chi connectivity index (χ4n) is 3.73. The van der Waals surface area contributed by atoms with E-state index in [4.69, 9.17) is 9.47 Å². The van der Waals surface area contributed by atoms with Gasteiger partial charge < -0.3 is 9.47 Å². The molecule has 0 heterocycles. The Hall–Kier alpha value is -2.85. The van der Waals surface area contributed by atoms with E-state index in [-0.39, 0.29) is 5.82 Å². The van der Waals surface area contributed by atoms with E-state index in [9.17, 15) is 4.39 Å². The minimum absolute atomic E-state index is 0.183. The maximum absolute atomic E-state index is 13.1. The summed E-state index contributed by atoms with van der Waals surface area (Å²) in [7, 11) is 1.68. The summed E-state index contributed by atoms with van der Waals surface area (Å²) in [6.07, 6.45) is 3.05. The average Bonchev–Trinajstić information content (AvgIpc) is 2.80. The number of ether oxygens (including phenoxy) is 2. The molecule has 0 aromatic heterocycles. The molecule has 3 aromatic rings. The van der Waals surface area contributed by atoms with Crippen LogP contribution in [0.1, 0.15) is 36.5 Å². The third-order valence-corrected chi connectivity index (χ3v) is 5.29. The van der Waals surface area contributed by atoms with Crippen LogP contribution in [0.4, 0.5) is 4.39 Å². The van der Waals surface area contributed by atoms with E-state index in [0.717, 1.165) is 61.5 Å². The van der Waals surface area contributed by atoms with Gasteiger partial charge in [-0.05, 0) is 61.7 Å². The maximum Gasteiger partial charge on any atom is 0.166 e. The third-order valence-electron chi connectivity index (χ3n) is 5.29. The SMILES string of the molecule is CCCN(CCCc1ccc(F)cc1)Cc1cccc(OC)c1OCc1ccccc1. The van der Waals surface area contributed by atoms with Crippen molar-refractivity contribution >= 4 is 0 Å². The summed E-state index contributed by atoms with van der Waals surface area (Å²) in [4.78, 5) is 2.45. The third kappa shape index (κ3) is 7.11. The number of nitrogens with zero attached hydrogens (tertiary/aromatic N) is 1. The van der Waals surface area contributed by atoms with Crippen LogP contribution in [0, 0.1) is 5.82 Å². The monoisotopic (exact) mass is 421 g/mol. The molecule has 0 unspecified atom stereocenters. The lowest BCUT2D eigenvalue weighted by Crippen LogP contribution is -2.26. The zero-order valence-electron chi connectivity index (χ0n) is 18.5. The lowest BCUT2D eigenvalue weighted by atomic mass is 10.1. The number of hydrogen-bond acceptors (Lipinski definition) is 3. The first-order chi connectivity index (χ1) is 15.2. The molecule has 0 amide bonds. The van der Waals surface area contributed by atoms with Crippen LogP contribution in [0.3, 0.4) is 0 Å². The molecule has 0 atom stereocenters. The molecular weight excluding hydrogens is 389 g/mol. The van der Waals surface area contributed by atoms with Crippen LogP contribution < -0.4 is 9.47 Å². The van der Waals surface area contributed by atoms with E-state index in [2.05, 4.69) is 30.0 Å². The molecule has 31 heavy (non-hydrogen) atoms. The summed E-state index contributed by atoms with van der Waals surface area (Å²) < 4.78 is 24.9. The highest BCUT2D eigenvalue weighted by molar-refractivity contribution is 5.46. The molecule has 164 valence electrons. The number of aryl methyl sites for hydroxylation is 1. The Labute approximate surface area is 185 Å². The van der Waals surface area contributed by atoms with Crippen LogP contribution >= 0.6 is 0 Å². The van der Waals surface area contributed by atoms with Crippen LogP contribution in [0.15, 0.2) is 72.8 Å². The molecule has 0 aliphatic carbocycles. The van der Waals surface area contributed by atoms with Gasteiger partial charge >= 0.3 is 0 Å². The summed E-state index contributed by atoms with van der Waals surface area (Å²) in [6, 6.07) is 23.1. The van der Waals surface area contributed by atoms with Gasteiger partial charge in [0.1, 0.15) is 12.4 Å². The molecule has 0 saturated carbocycles. The standard InChI is InChI=1S/C27H32FNO2/c1-3-18-29(19-8-11-22-14-16-25(28)17-15-22)20-24-12-7-13-26(30-2)27(24)31-21-23-9-5-4-6-10-23/h4-7,9-10,12-17H,3,8,11,18-21H2,1-2H3. The Kier molecular flexibility index (Phi) is 8.92. The van der Waals surface area contributed by atoms with E-state index in [0.29, 0.717) is 6.61 Å². The molecular formula is C27H32FNO2. The van der Waals surface area contributed by atoms with Gasteiger partial charge in [-0.1, -0.05) is 61.5 Å². The number of benzene rings is 3. The second kappa shape index (κ2) is 12.1. The Bertz CT molecular complexity index is 912. The lowest BCUT2D eigenvalue weighted by Gasteiger charge is -2.24. The van der Waals surface area contributed by atoms with Crippen molar-refractivity contribution in [1.82, 2.24) is 4.90 Å². The smallest absolute Gasteiger partial charge is 0.166 e. The van der Waals surface area contributed by atoms with Crippen molar-refractivity contribution in [3.63, 3.8) is 0 Å². The number of para-hydroxylation sites is 1. The first-order valence-corrected chi connectivity index (χ1v) is 11.0. The molecule has 0 aliphatic heterocycles. The van der Waals surface area contributed by atoms with Crippen molar-refractivity contribution in [3.05, 3.63) is 95.3 Å². The van der Waals surface area contributed by atoms with Crippen molar-refractivity contribution in [2.24, 2.45) is 0 Å². The zero-order chi connectivity index (χ0) is 21.9. The second-order valence-electron chi connectivity index (χ2n) is 7.73. The molecule has 0 aliphatic rings. The van der Waals surface area contributed by atoms with Gasteiger partial charge in [-0.2, -0.15) is 0 Å². The zero-order valence-corrected chi connectivity index (χ0v) is 18.5. The molecule has 3 aromatic carbocycles. The summed E-state index contributed by atoms with van der Waals surface area (Å²) in [5, 5.41) is 0. The van der Waals surface area contributed by atoms with Crippen molar-refractivity contribution in [3.8, 4) is 11.5 Å². The number of rotatable bonds is 12. The van der Waals surface area contributed by atoms with Crippen molar-refractivity contribution < 1.29 is 13.9 Å². The van der Waals surface area contributed by atoms with E-state index in [1.165, 1.54) is 17.7 Å². The maximum atomic E-state index is 13.1. The fraction of sp³-hybridized carbons (Fsp3) is 0.333. The number of methoxy groups -OCH3 is 1. The summed E-state index contributed by atoms with van der Waals surface area (Å²) in [5.74, 6) is 1.39. The molecule has 0 N–H and O–H groups in total. The molecule has 3 nitrogen and oxygen atoms in total. The Balaban J connectivity index is 1.66. The van der Waals surface area contributed by atoms with Crippen molar-refractivity contribution in [2.45, 2.75) is 39.3 Å². The molecule has 0 spiro atoms. The van der Waals surface area contributed by atoms with Gasteiger partial charge in [0, 0.05) is 12.1 Å². The van der Waals surface area contributed by atoms with E-state index >= 15 is 0 Å². The number of hydrogen-bond donors (Lipinski definition) is 0. The normalized spacial score (nSPS) is 11.0. The second-order valence-corrected chi connectivity index (χ2v) is 7.73. The molecule has 0 saturated heterocycles. The van der Waals surface area contributed by atoms with E-state index in [1.807, 2.05) is 42.5 Å². The van der Waals surface area contributed by atoms with E-state index < -0.39 is 0 Å². The van der Waals surface area contributed by atoms with Gasteiger partial charge in [-0.3, -0.25) is 4.90 Å². The molecule has 3 rings (SSSR count). The van der Waals surface area contributed by atoms with Crippen molar-refractivity contribution in [2.75, 3.05) is 20.2 Å². The highest BCUT2D eigenvalue weighted by Gasteiger charge is 2.14. The Morgan fingerprint density at radius 1 is 0.839 bits per heavy atom. The van der Waals surface area contributed by atoms with Gasteiger partial charge in [-0.25, -0.2) is 4.39 Å². The van der Waals surface area contributed by atoms with Crippen molar-refractivity contribution in [1.29, 1.82) is 0 Å². The van der Waals surface area contributed by atoms with Gasteiger partial charge in [0.15, 0.2) is 11.5 Å². The first kappa shape index (κ1) is 22.8. The van der Waals surface area contributed by atoms with Crippen LogP contribution in [0.2, 0.25) is 0 Å². The topological polar surface area (TPSA) is 21.7 Å². The van der Waals surface area contributed by atoms with Crippen LogP contribution in [-0.4, -0.2) is 25.1 Å². The average molecular weight is 422 g/mol. The van der Waals surface area contributed by atoms with Crippen LogP contribution in [-0.2, 0) is 19.6 Å². The lowest BCUT2D eigenvalue weighted by molar-refractivity contribution is 0.245. The molecule has 4 heteroatoms. The fourth-order valence-corrected chi connectivity index (χ4v) is 3.73. The predicted molar refractivity (Wildman–Crippen MR) is 124 cm³/mol.